The van der Waals surface area contributed by atoms with Gasteiger partial charge in [-0.05, 0) is 35.2 Å². The summed E-state index contributed by atoms with van der Waals surface area (Å²) in [5.74, 6) is 0.482. The van der Waals surface area contributed by atoms with Crippen molar-refractivity contribution in [1.29, 1.82) is 0 Å². The molecule has 5 heteroatoms. The maximum Gasteiger partial charge on any atom is 0.238 e. The Bertz CT molecular complexity index is 725. The molecule has 0 aliphatic heterocycles. The highest BCUT2D eigenvalue weighted by Gasteiger charge is 2.07. The largest absolute Gasteiger partial charge is 0.381 e. The third-order valence-electron chi connectivity index (χ3n) is 3.28. The van der Waals surface area contributed by atoms with Crippen LogP contribution in [0.3, 0.4) is 0 Å². The summed E-state index contributed by atoms with van der Waals surface area (Å²) < 4.78 is 22.7. The normalized spacial score (nSPS) is 11.6. The van der Waals surface area contributed by atoms with Crippen molar-refractivity contribution >= 4 is 15.7 Å². The van der Waals surface area contributed by atoms with Crippen LogP contribution < -0.4 is 10.5 Å². The van der Waals surface area contributed by atoms with Crippen molar-refractivity contribution in [3.05, 3.63) is 59.7 Å². The van der Waals surface area contributed by atoms with E-state index in [2.05, 4.69) is 31.3 Å². The second-order valence-corrected chi connectivity index (χ2v) is 6.89. The van der Waals surface area contributed by atoms with Crippen LogP contribution in [0.2, 0.25) is 0 Å². The Labute approximate surface area is 126 Å². The van der Waals surface area contributed by atoms with Gasteiger partial charge in [0.2, 0.25) is 10.0 Å². The molecule has 112 valence electrons. The summed E-state index contributed by atoms with van der Waals surface area (Å²) in [5, 5.41) is 8.35. The zero-order valence-electron chi connectivity index (χ0n) is 12.2. The third-order valence-corrected chi connectivity index (χ3v) is 4.19. The van der Waals surface area contributed by atoms with Crippen molar-refractivity contribution in [2.24, 2.45) is 5.14 Å². The summed E-state index contributed by atoms with van der Waals surface area (Å²) in [4.78, 5) is 0.114. The molecule has 0 unspecified atom stereocenters. The number of hydrogen-bond acceptors (Lipinski definition) is 3. The first kappa shape index (κ1) is 15.5. The molecule has 0 saturated heterocycles. The molecule has 0 spiro atoms. The van der Waals surface area contributed by atoms with Crippen molar-refractivity contribution in [2.75, 3.05) is 5.32 Å². The number of sulfonamides is 1. The molecule has 0 aromatic heterocycles. The minimum Gasteiger partial charge on any atom is -0.381 e. The van der Waals surface area contributed by atoms with E-state index < -0.39 is 10.0 Å². The van der Waals surface area contributed by atoms with E-state index >= 15 is 0 Å². The lowest BCUT2D eigenvalue weighted by Crippen LogP contribution is -2.12. The second kappa shape index (κ2) is 6.28. The SMILES string of the molecule is CC(C)c1cccc(CNc2cccc(S(N)(=O)=O)c2)c1. The molecule has 0 fully saturated rings. The summed E-state index contributed by atoms with van der Waals surface area (Å²) in [6.45, 7) is 4.94. The maximum absolute atomic E-state index is 11.3. The average molecular weight is 304 g/mol. The molecule has 0 bridgehead atoms. The van der Waals surface area contributed by atoms with Crippen LogP contribution in [0.15, 0.2) is 53.4 Å². The lowest BCUT2D eigenvalue weighted by atomic mass is 10.0. The molecule has 0 aliphatic rings. The molecular formula is C16H20N2O2S. The molecule has 2 aromatic rings. The summed E-state index contributed by atoms with van der Waals surface area (Å²) in [7, 11) is -3.67. The van der Waals surface area contributed by atoms with Gasteiger partial charge >= 0.3 is 0 Å². The molecule has 0 heterocycles. The van der Waals surface area contributed by atoms with E-state index in [1.807, 2.05) is 18.2 Å². The van der Waals surface area contributed by atoms with E-state index in [9.17, 15) is 8.42 Å². The van der Waals surface area contributed by atoms with E-state index in [-0.39, 0.29) is 4.90 Å². The number of anilines is 1. The van der Waals surface area contributed by atoms with E-state index in [0.717, 1.165) is 11.3 Å². The predicted octanol–water partition coefficient (Wildman–Crippen LogP) is 3.07. The maximum atomic E-state index is 11.3. The first-order valence-electron chi connectivity index (χ1n) is 6.82. The summed E-state index contributed by atoms with van der Waals surface area (Å²) in [5.41, 5.74) is 3.17. The fourth-order valence-corrected chi connectivity index (χ4v) is 2.61. The van der Waals surface area contributed by atoms with Crippen LogP contribution in [0, 0.1) is 0 Å². The summed E-state index contributed by atoms with van der Waals surface area (Å²) in [6, 6.07) is 14.9. The topological polar surface area (TPSA) is 72.2 Å². The Morgan fingerprint density at radius 1 is 1.10 bits per heavy atom. The summed E-state index contributed by atoms with van der Waals surface area (Å²) >= 11 is 0. The van der Waals surface area contributed by atoms with Gasteiger partial charge in [0.05, 0.1) is 4.90 Å². The third kappa shape index (κ3) is 4.31. The Hall–Kier alpha value is -1.85. The molecule has 4 nitrogen and oxygen atoms in total. The van der Waals surface area contributed by atoms with Gasteiger partial charge in [-0.15, -0.1) is 0 Å². The van der Waals surface area contributed by atoms with Gasteiger partial charge in [0.25, 0.3) is 0 Å². The van der Waals surface area contributed by atoms with E-state index in [1.165, 1.54) is 11.6 Å². The zero-order chi connectivity index (χ0) is 15.5. The molecule has 3 N–H and O–H groups in total. The van der Waals surface area contributed by atoms with Crippen LogP contribution in [0.4, 0.5) is 5.69 Å². The Kier molecular flexibility index (Phi) is 4.65. The van der Waals surface area contributed by atoms with Gasteiger partial charge in [-0.3, -0.25) is 0 Å². The van der Waals surface area contributed by atoms with Gasteiger partial charge in [0.1, 0.15) is 0 Å². The average Bonchev–Trinajstić information content (AvgIpc) is 2.45. The smallest absolute Gasteiger partial charge is 0.238 e. The minimum atomic E-state index is -3.67. The van der Waals surface area contributed by atoms with E-state index in [0.29, 0.717) is 12.5 Å². The Morgan fingerprint density at radius 3 is 2.48 bits per heavy atom. The first-order chi connectivity index (χ1) is 9.86. The molecular weight excluding hydrogens is 284 g/mol. The highest BCUT2D eigenvalue weighted by molar-refractivity contribution is 7.89. The van der Waals surface area contributed by atoms with Crippen LogP contribution in [0.5, 0.6) is 0 Å². The van der Waals surface area contributed by atoms with Gasteiger partial charge < -0.3 is 5.32 Å². The molecule has 21 heavy (non-hydrogen) atoms. The Morgan fingerprint density at radius 2 is 1.81 bits per heavy atom. The second-order valence-electron chi connectivity index (χ2n) is 5.33. The van der Waals surface area contributed by atoms with Gasteiger partial charge in [0.15, 0.2) is 0 Å². The van der Waals surface area contributed by atoms with Crippen molar-refractivity contribution in [2.45, 2.75) is 31.2 Å². The molecule has 2 rings (SSSR count). The van der Waals surface area contributed by atoms with Crippen LogP contribution in [-0.2, 0) is 16.6 Å². The molecule has 0 aliphatic carbocycles. The molecule has 0 radical (unpaired) electrons. The number of nitrogens with two attached hydrogens (primary N) is 1. The number of hydrogen-bond donors (Lipinski definition) is 2. The number of benzene rings is 2. The lowest BCUT2D eigenvalue weighted by Gasteiger charge is -2.10. The molecule has 2 aromatic carbocycles. The van der Waals surface area contributed by atoms with Gasteiger partial charge in [-0.1, -0.05) is 44.2 Å². The van der Waals surface area contributed by atoms with Crippen molar-refractivity contribution in [3.63, 3.8) is 0 Å². The van der Waals surface area contributed by atoms with Crippen molar-refractivity contribution < 1.29 is 8.42 Å². The van der Waals surface area contributed by atoms with Gasteiger partial charge in [-0.25, -0.2) is 13.6 Å². The fourth-order valence-electron chi connectivity index (χ4n) is 2.05. The van der Waals surface area contributed by atoms with E-state index in [4.69, 9.17) is 5.14 Å². The van der Waals surface area contributed by atoms with E-state index in [1.54, 1.807) is 12.1 Å². The van der Waals surface area contributed by atoms with Gasteiger partial charge in [0, 0.05) is 12.2 Å². The standard InChI is InChI=1S/C16H20N2O2S/c1-12(2)14-6-3-5-13(9-14)11-18-15-7-4-8-16(10-15)21(17,19)20/h3-10,12,18H,11H2,1-2H3,(H2,17,19,20). The first-order valence-corrected chi connectivity index (χ1v) is 8.36. The fraction of sp³-hybridized carbons (Fsp3) is 0.250. The molecule has 0 amide bonds. The van der Waals surface area contributed by atoms with Gasteiger partial charge in [-0.2, -0.15) is 0 Å². The predicted molar refractivity (Wildman–Crippen MR) is 85.7 cm³/mol. The number of primary sulfonamides is 1. The van der Waals surface area contributed by atoms with Crippen LogP contribution >= 0.6 is 0 Å². The van der Waals surface area contributed by atoms with Crippen molar-refractivity contribution in [1.82, 2.24) is 0 Å². The number of nitrogens with one attached hydrogen (secondary N) is 1. The highest BCUT2D eigenvalue weighted by atomic mass is 32.2. The quantitative estimate of drug-likeness (QED) is 0.891. The highest BCUT2D eigenvalue weighted by Crippen LogP contribution is 2.18. The lowest BCUT2D eigenvalue weighted by molar-refractivity contribution is 0.598. The van der Waals surface area contributed by atoms with Crippen LogP contribution in [-0.4, -0.2) is 8.42 Å². The number of rotatable bonds is 5. The Balaban J connectivity index is 2.12. The monoisotopic (exact) mass is 304 g/mol. The van der Waals surface area contributed by atoms with Crippen molar-refractivity contribution in [3.8, 4) is 0 Å². The summed E-state index contributed by atoms with van der Waals surface area (Å²) in [6.07, 6.45) is 0. The van der Waals surface area contributed by atoms with Crippen LogP contribution in [0.25, 0.3) is 0 Å². The molecule has 0 atom stereocenters. The molecule has 0 saturated carbocycles. The van der Waals surface area contributed by atoms with Crippen LogP contribution in [0.1, 0.15) is 30.9 Å². The zero-order valence-corrected chi connectivity index (χ0v) is 13.0. The minimum absolute atomic E-state index is 0.114.